The zero-order valence-corrected chi connectivity index (χ0v) is 7.62. The van der Waals surface area contributed by atoms with Gasteiger partial charge < -0.3 is 16.4 Å². The molecule has 0 aliphatic carbocycles. The molecule has 0 heterocycles. The Kier molecular flexibility index (Phi) is 6.52. The van der Waals surface area contributed by atoms with E-state index in [9.17, 15) is 10.1 Å². The lowest BCUT2D eigenvalue weighted by Crippen LogP contribution is -2.34. The molecule has 0 saturated heterocycles. The van der Waals surface area contributed by atoms with Crippen molar-refractivity contribution in [3.05, 3.63) is 10.1 Å². The fourth-order valence-electron chi connectivity index (χ4n) is 0.730. The predicted octanol–water partition coefficient (Wildman–Crippen LogP) is -0.918. The van der Waals surface area contributed by atoms with Gasteiger partial charge in [0.25, 0.3) is 5.96 Å². The van der Waals surface area contributed by atoms with E-state index in [0.29, 0.717) is 6.54 Å². The Morgan fingerprint density at radius 1 is 1.62 bits per heavy atom. The topological polar surface area (TPSA) is 106 Å². The average molecular weight is 189 g/mol. The molecule has 0 atom stereocenters. The van der Waals surface area contributed by atoms with Crippen LogP contribution in [0.5, 0.6) is 0 Å². The lowest BCUT2D eigenvalue weighted by atomic mass is 10.4. The molecule has 0 amide bonds. The van der Waals surface area contributed by atoms with Crippen molar-refractivity contribution in [3.8, 4) is 0 Å². The molecule has 0 fully saturated rings. The molecule has 0 aromatic rings. The van der Waals surface area contributed by atoms with Crippen LogP contribution in [0.3, 0.4) is 0 Å². The van der Waals surface area contributed by atoms with E-state index in [1.165, 1.54) is 0 Å². The monoisotopic (exact) mass is 189 g/mol. The lowest BCUT2D eigenvalue weighted by Gasteiger charge is -2.02. The molecular formula is C6H15N5O2. The van der Waals surface area contributed by atoms with E-state index in [1.54, 1.807) is 0 Å². The van der Waals surface area contributed by atoms with E-state index in [4.69, 9.17) is 5.73 Å². The number of nitrogens with one attached hydrogen (secondary N) is 2. The van der Waals surface area contributed by atoms with Gasteiger partial charge in [-0.25, -0.2) is 10.1 Å². The first-order valence-corrected chi connectivity index (χ1v) is 4.10. The van der Waals surface area contributed by atoms with E-state index in [2.05, 4.69) is 15.7 Å². The van der Waals surface area contributed by atoms with Crippen molar-refractivity contribution in [2.75, 3.05) is 19.6 Å². The Balaban J connectivity index is 3.37. The second kappa shape index (κ2) is 7.29. The van der Waals surface area contributed by atoms with Crippen molar-refractivity contribution in [2.24, 2.45) is 10.8 Å². The molecule has 0 rings (SSSR count). The van der Waals surface area contributed by atoms with Crippen molar-refractivity contribution in [1.82, 2.24) is 10.6 Å². The summed E-state index contributed by atoms with van der Waals surface area (Å²) in [5.74, 6) is -0.151. The van der Waals surface area contributed by atoms with Gasteiger partial charge in [0.1, 0.15) is 5.10 Å². The molecule has 4 N–H and O–H groups in total. The number of nitro groups is 1. The quantitative estimate of drug-likeness (QED) is 0.165. The van der Waals surface area contributed by atoms with Crippen LogP contribution in [-0.2, 0) is 0 Å². The van der Waals surface area contributed by atoms with Crippen LogP contribution in [0.1, 0.15) is 13.3 Å². The maximum absolute atomic E-state index is 9.83. The molecule has 0 aromatic carbocycles. The van der Waals surface area contributed by atoms with Crippen molar-refractivity contribution < 1.29 is 5.03 Å². The third-order valence-electron chi connectivity index (χ3n) is 1.28. The van der Waals surface area contributed by atoms with Crippen molar-refractivity contribution in [3.63, 3.8) is 0 Å². The first kappa shape index (κ1) is 11.6. The molecule has 76 valence electrons. The molecule has 0 bridgehead atoms. The molecule has 0 aromatic heterocycles. The summed E-state index contributed by atoms with van der Waals surface area (Å²) in [5, 5.41) is 17.6. The van der Waals surface area contributed by atoms with Crippen LogP contribution in [0.15, 0.2) is 5.10 Å². The standard InChI is InChI=1S/C6H15N5O2/c1-2-8-4-3-5-9-6(7)10-11(12)13/h8H,2-5H2,1H3,(H3,7,9,10). The summed E-state index contributed by atoms with van der Waals surface area (Å²) in [6.45, 7) is 4.36. The molecule has 0 radical (unpaired) electrons. The largest absolute Gasteiger partial charge is 0.365 e. The van der Waals surface area contributed by atoms with Gasteiger partial charge in [0.15, 0.2) is 5.03 Å². The molecule has 0 unspecified atom stereocenters. The van der Waals surface area contributed by atoms with Crippen LogP contribution < -0.4 is 16.4 Å². The van der Waals surface area contributed by atoms with Crippen molar-refractivity contribution in [1.29, 1.82) is 0 Å². The Hall–Kier alpha value is -1.37. The highest BCUT2D eigenvalue weighted by atomic mass is 16.7. The minimum Gasteiger partial charge on any atom is -0.365 e. The lowest BCUT2D eigenvalue weighted by molar-refractivity contribution is -0.485. The number of nitrogens with two attached hydrogens (primary N) is 1. The number of hydrazone groups is 1. The second-order valence-electron chi connectivity index (χ2n) is 2.36. The van der Waals surface area contributed by atoms with Gasteiger partial charge in [-0.15, -0.1) is 0 Å². The summed E-state index contributed by atoms with van der Waals surface area (Å²) in [6.07, 6.45) is 0.849. The Morgan fingerprint density at radius 2 is 2.31 bits per heavy atom. The smallest absolute Gasteiger partial charge is 0.266 e. The first-order valence-electron chi connectivity index (χ1n) is 4.10. The maximum Gasteiger partial charge on any atom is 0.266 e. The second-order valence-corrected chi connectivity index (χ2v) is 2.36. The molecule has 0 aliphatic rings. The maximum atomic E-state index is 9.83. The van der Waals surface area contributed by atoms with E-state index < -0.39 is 5.03 Å². The number of hydrogen-bond donors (Lipinski definition) is 3. The van der Waals surface area contributed by atoms with Crippen LogP contribution in [0, 0.1) is 10.1 Å². The fraction of sp³-hybridized carbons (Fsp3) is 0.833. The summed E-state index contributed by atoms with van der Waals surface area (Å²) in [5.41, 5.74) is 5.17. The molecule has 7 heteroatoms. The van der Waals surface area contributed by atoms with Gasteiger partial charge >= 0.3 is 0 Å². The first-order chi connectivity index (χ1) is 6.16. The van der Waals surface area contributed by atoms with Crippen LogP contribution in [0.25, 0.3) is 0 Å². The van der Waals surface area contributed by atoms with Crippen molar-refractivity contribution in [2.45, 2.75) is 13.3 Å². The van der Waals surface area contributed by atoms with Gasteiger partial charge in [-0.2, -0.15) is 0 Å². The van der Waals surface area contributed by atoms with E-state index in [-0.39, 0.29) is 5.96 Å². The van der Waals surface area contributed by atoms with E-state index >= 15 is 0 Å². The molecule has 0 saturated carbocycles. The zero-order valence-electron chi connectivity index (χ0n) is 7.62. The van der Waals surface area contributed by atoms with E-state index in [0.717, 1.165) is 19.5 Å². The molecular weight excluding hydrogens is 174 g/mol. The summed E-state index contributed by atoms with van der Waals surface area (Å²) >= 11 is 0. The number of nitrogens with zero attached hydrogens (tertiary/aromatic N) is 2. The zero-order chi connectivity index (χ0) is 10.1. The van der Waals surface area contributed by atoms with Gasteiger partial charge in [0.05, 0.1) is 0 Å². The van der Waals surface area contributed by atoms with Crippen LogP contribution in [-0.4, -0.2) is 30.6 Å². The van der Waals surface area contributed by atoms with Gasteiger partial charge in [-0.3, -0.25) is 0 Å². The predicted molar refractivity (Wildman–Crippen MR) is 49.8 cm³/mol. The highest BCUT2D eigenvalue weighted by Crippen LogP contribution is 1.74. The molecule has 0 spiro atoms. The SMILES string of the molecule is CCNCCCN/C(N)=N\[N+](=O)[O-]. The molecule has 0 aliphatic heterocycles. The Morgan fingerprint density at radius 3 is 2.85 bits per heavy atom. The summed E-state index contributed by atoms with van der Waals surface area (Å²) in [4.78, 5) is 9.83. The van der Waals surface area contributed by atoms with Crippen molar-refractivity contribution >= 4 is 5.96 Å². The van der Waals surface area contributed by atoms with Crippen LogP contribution in [0.2, 0.25) is 0 Å². The normalized spacial score (nSPS) is 11.3. The minimum absolute atomic E-state index is 0.151. The van der Waals surface area contributed by atoms with Gasteiger partial charge in [0, 0.05) is 6.54 Å². The third kappa shape index (κ3) is 8.54. The van der Waals surface area contributed by atoms with E-state index in [1.807, 2.05) is 6.92 Å². The fourth-order valence-corrected chi connectivity index (χ4v) is 0.730. The average Bonchev–Trinajstić information content (AvgIpc) is 2.02. The van der Waals surface area contributed by atoms with Gasteiger partial charge in [0.2, 0.25) is 0 Å². The number of guanidine groups is 1. The summed E-state index contributed by atoms with van der Waals surface area (Å²) in [6, 6.07) is 0. The van der Waals surface area contributed by atoms with Gasteiger partial charge in [-0.1, -0.05) is 6.92 Å². The Labute approximate surface area is 76.5 Å². The summed E-state index contributed by atoms with van der Waals surface area (Å²) < 4.78 is 0. The number of hydrogen-bond acceptors (Lipinski definition) is 3. The highest BCUT2D eigenvalue weighted by molar-refractivity contribution is 5.76. The summed E-state index contributed by atoms with van der Waals surface area (Å²) in [7, 11) is 0. The molecule has 7 nitrogen and oxygen atoms in total. The third-order valence-corrected chi connectivity index (χ3v) is 1.28. The van der Waals surface area contributed by atoms with Crippen LogP contribution >= 0.6 is 0 Å². The highest BCUT2D eigenvalue weighted by Gasteiger charge is 1.96. The molecule has 13 heavy (non-hydrogen) atoms. The van der Waals surface area contributed by atoms with Crippen LogP contribution in [0.4, 0.5) is 0 Å². The Bertz CT molecular complexity index is 182. The number of rotatable bonds is 6. The minimum atomic E-state index is -0.827. The van der Waals surface area contributed by atoms with Gasteiger partial charge in [-0.05, 0) is 19.5 Å².